The van der Waals surface area contributed by atoms with Crippen LogP contribution in [0.1, 0.15) is 39.2 Å². The molecule has 1 saturated carbocycles. The highest BCUT2D eigenvalue weighted by Crippen LogP contribution is 2.29. The van der Waals surface area contributed by atoms with E-state index in [2.05, 4.69) is 0 Å². The summed E-state index contributed by atoms with van der Waals surface area (Å²) < 4.78 is 23.9. The Morgan fingerprint density at radius 1 is 1.26 bits per heavy atom. The van der Waals surface area contributed by atoms with Crippen molar-refractivity contribution in [2.24, 2.45) is 5.92 Å². The number of carbonyl (C=O) groups is 2. The monoisotopic (exact) mass is 382 g/mol. The van der Waals surface area contributed by atoms with Gasteiger partial charge in [-0.2, -0.15) is 0 Å². The number of ether oxygens (including phenoxy) is 2. The number of alkyl halides is 1. The largest absolute Gasteiger partial charge is 0.528 e. The fraction of sp³-hybridized carbons (Fsp3) is 0.579. The third-order valence-electron chi connectivity index (χ3n) is 3.84. The van der Waals surface area contributed by atoms with Crippen molar-refractivity contribution in [3.05, 3.63) is 29.8 Å². The molecule has 1 aromatic rings. The minimum atomic E-state index is -1.21. The second-order valence-corrected chi connectivity index (χ2v) is 7.55. The van der Waals surface area contributed by atoms with Crippen LogP contribution >= 0.6 is 0 Å². The Hall–Kier alpha value is -2.35. The lowest BCUT2D eigenvalue weighted by molar-refractivity contribution is -0.199. The molecule has 0 amide bonds. The topological polar surface area (TPSA) is 85.3 Å². The second-order valence-electron chi connectivity index (χ2n) is 7.55. The molecule has 27 heavy (non-hydrogen) atoms. The van der Waals surface area contributed by atoms with Gasteiger partial charge in [0.15, 0.2) is 12.8 Å². The maximum atomic E-state index is 13.6. The van der Waals surface area contributed by atoms with Crippen LogP contribution in [-0.4, -0.2) is 47.3 Å². The molecule has 2 rings (SSSR count). The zero-order chi connectivity index (χ0) is 20.0. The summed E-state index contributed by atoms with van der Waals surface area (Å²) in [5.74, 6) is -0.274. The molecule has 1 aliphatic rings. The average molecular weight is 382 g/mol. The van der Waals surface area contributed by atoms with E-state index >= 15 is 0 Å². The van der Waals surface area contributed by atoms with Gasteiger partial charge in [0, 0.05) is 6.42 Å². The summed E-state index contributed by atoms with van der Waals surface area (Å²) in [6, 6.07) is 4.93. The van der Waals surface area contributed by atoms with E-state index < -0.39 is 30.6 Å². The molecule has 0 heterocycles. The molecule has 0 aliphatic heterocycles. The second kappa shape index (κ2) is 9.03. The summed E-state index contributed by atoms with van der Waals surface area (Å²) in [6.07, 6.45) is 0.927. The Morgan fingerprint density at radius 2 is 1.89 bits per heavy atom. The number of rotatable bonds is 8. The van der Waals surface area contributed by atoms with Gasteiger partial charge in [0.05, 0.1) is 6.61 Å². The fourth-order valence-corrected chi connectivity index (χ4v) is 2.27. The van der Waals surface area contributed by atoms with Crippen molar-refractivity contribution in [2.75, 3.05) is 13.4 Å². The SMILES string of the molecule is CC(C)(C)OC(=O)ON(C[18F])[C@H](Cc1ccc(O)cc1)C(=O)OCC1CC1. The van der Waals surface area contributed by atoms with E-state index in [0.29, 0.717) is 16.5 Å². The molecule has 0 radical (unpaired) electrons. The molecule has 7 nitrogen and oxygen atoms in total. The third kappa shape index (κ3) is 7.42. The average Bonchev–Trinajstić information content (AvgIpc) is 3.40. The first-order valence-corrected chi connectivity index (χ1v) is 8.86. The number of nitrogens with zero attached hydrogens (tertiary/aromatic N) is 1. The van der Waals surface area contributed by atoms with Crippen LogP contribution in [0.25, 0.3) is 0 Å². The fourth-order valence-electron chi connectivity index (χ4n) is 2.27. The maximum Gasteiger partial charge on any atom is 0.528 e. The molecule has 0 saturated heterocycles. The highest BCUT2D eigenvalue weighted by atomic mass is 18.2. The van der Waals surface area contributed by atoms with Gasteiger partial charge >= 0.3 is 12.1 Å². The first kappa shape index (κ1) is 21.0. The summed E-state index contributed by atoms with van der Waals surface area (Å²) in [7, 11) is 0. The lowest BCUT2D eigenvalue weighted by Gasteiger charge is -2.27. The van der Waals surface area contributed by atoms with Crippen LogP contribution in [-0.2, 0) is 25.5 Å². The number of hydrogen-bond donors (Lipinski definition) is 1. The van der Waals surface area contributed by atoms with Gasteiger partial charge in [-0.15, -0.1) is 0 Å². The highest BCUT2D eigenvalue weighted by molar-refractivity contribution is 5.76. The molecule has 0 aromatic heterocycles. The molecular weight excluding hydrogens is 356 g/mol. The normalized spacial score (nSPS) is 15.3. The number of hydroxylamine groups is 2. The molecule has 1 aromatic carbocycles. The summed E-state index contributed by atoms with van der Waals surface area (Å²) in [6.45, 7) is 3.99. The number of carbonyl (C=O) groups excluding carboxylic acids is 2. The minimum absolute atomic E-state index is 0.0382. The van der Waals surface area contributed by atoms with E-state index in [1.54, 1.807) is 32.9 Å². The zero-order valence-electron chi connectivity index (χ0n) is 15.8. The molecule has 1 atom stereocenters. The number of halogens is 1. The van der Waals surface area contributed by atoms with Crippen LogP contribution in [0.3, 0.4) is 0 Å². The molecular formula is C19H26FNO6. The molecule has 0 unspecified atom stereocenters. The maximum absolute atomic E-state index is 13.6. The molecule has 1 aliphatic carbocycles. The number of hydrogen-bond acceptors (Lipinski definition) is 7. The van der Waals surface area contributed by atoms with Crippen molar-refractivity contribution >= 4 is 12.1 Å². The lowest BCUT2D eigenvalue weighted by Crippen LogP contribution is -2.45. The minimum Gasteiger partial charge on any atom is -0.508 e. The molecule has 1 fully saturated rings. The first-order chi connectivity index (χ1) is 12.7. The van der Waals surface area contributed by atoms with Crippen LogP contribution in [0.4, 0.5) is 9.18 Å². The van der Waals surface area contributed by atoms with Crippen molar-refractivity contribution < 1.29 is 33.4 Å². The van der Waals surface area contributed by atoms with Gasteiger partial charge in [0.2, 0.25) is 0 Å². The quantitative estimate of drug-likeness (QED) is 0.419. The van der Waals surface area contributed by atoms with Crippen molar-refractivity contribution in [1.29, 1.82) is 0 Å². The smallest absolute Gasteiger partial charge is 0.508 e. The molecule has 8 heteroatoms. The van der Waals surface area contributed by atoms with E-state index in [0.717, 1.165) is 12.8 Å². The standard InChI is InChI=1S/C19H26FNO6/c1-19(2,3)26-18(24)27-21(12-20)16(17(23)25-11-14-4-5-14)10-13-6-8-15(22)9-7-13/h6-9,14,16,22H,4-5,10-12H2,1-3H3/t16-/m1/s1/i20-1. The molecule has 1 N–H and O–H groups in total. The van der Waals surface area contributed by atoms with Crippen molar-refractivity contribution in [3.63, 3.8) is 0 Å². The summed E-state index contributed by atoms with van der Waals surface area (Å²) in [5.41, 5.74) is -0.176. The van der Waals surface area contributed by atoms with Crippen LogP contribution in [0.15, 0.2) is 24.3 Å². The third-order valence-corrected chi connectivity index (χ3v) is 3.84. The summed E-state index contributed by atoms with van der Waals surface area (Å²) in [5, 5.41) is 10.0. The summed E-state index contributed by atoms with van der Waals surface area (Å²) in [4.78, 5) is 29.3. The van der Waals surface area contributed by atoms with Gasteiger partial charge in [-0.3, -0.25) is 4.79 Å². The van der Waals surface area contributed by atoms with Gasteiger partial charge < -0.3 is 19.4 Å². The molecule has 150 valence electrons. The van der Waals surface area contributed by atoms with Crippen LogP contribution in [0.2, 0.25) is 0 Å². The number of esters is 1. The molecule has 0 bridgehead atoms. The Balaban J connectivity index is 2.09. The van der Waals surface area contributed by atoms with Crippen molar-refractivity contribution in [1.82, 2.24) is 5.06 Å². The van der Waals surface area contributed by atoms with Gasteiger partial charge in [-0.05, 0) is 57.2 Å². The van der Waals surface area contributed by atoms with E-state index in [1.807, 2.05) is 0 Å². The highest BCUT2D eigenvalue weighted by Gasteiger charge is 2.34. The van der Waals surface area contributed by atoms with Gasteiger partial charge in [-0.25, -0.2) is 9.18 Å². The van der Waals surface area contributed by atoms with Crippen LogP contribution in [0, 0.1) is 5.92 Å². The van der Waals surface area contributed by atoms with Gasteiger partial charge in [0.25, 0.3) is 0 Å². The van der Waals surface area contributed by atoms with E-state index in [-0.39, 0.29) is 18.8 Å². The van der Waals surface area contributed by atoms with Gasteiger partial charge in [-0.1, -0.05) is 17.2 Å². The van der Waals surface area contributed by atoms with Crippen molar-refractivity contribution in [3.8, 4) is 5.75 Å². The zero-order valence-corrected chi connectivity index (χ0v) is 15.8. The van der Waals surface area contributed by atoms with Crippen molar-refractivity contribution in [2.45, 2.75) is 51.7 Å². The van der Waals surface area contributed by atoms with E-state index in [4.69, 9.17) is 14.3 Å². The first-order valence-electron chi connectivity index (χ1n) is 8.86. The Labute approximate surface area is 158 Å². The number of phenolic OH excluding ortho intramolecular Hbond substituents is 1. The van der Waals surface area contributed by atoms with Crippen LogP contribution < -0.4 is 0 Å². The number of phenols is 1. The molecule has 0 spiro atoms. The van der Waals surface area contributed by atoms with Crippen LogP contribution in [0.5, 0.6) is 5.75 Å². The number of aromatic hydroxyl groups is 1. The van der Waals surface area contributed by atoms with E-state index in [1.165, 1.54) is 12.1 Å². The Kier molecular flexibility index (Phi) is 7.01. The lowest BCUT2D eigenvalue weighted by atomic mass is 10.1. The Morgan fingerprint density at radius 3 is 2.41 bits per heavy atom. The Bertz CT molecular complexity index is 639. The number of benzene rings is 1. The summed E-state index contributed by atoms with van der Waals surface area (Å²) >= 11 is 0. The predicted octanol–water partition coefficient (Wildman–Crippen LogP) is 3.35. The predicted molar refractivity (Wildman–Crippen MR) is 94.4 cm³/mol. The van der Waals surface area contributed by atoms with E-state index in [9.17, 15) is 19.1 Å². The van der Waals surface area contributed by atoms with Gasteiger partial charge in [0.1, 0.15) is 11.4 Å².